The molecule has 1 saturated heterocycles. The molecule has 0 radical (unpaired) electrons. The Morgan fingerprint density at radius 1 is 1.22 bits per heavy atom. The molecule has 4 heteroatoms. The van der Waals surface area contributed by atoms with E-state index in [-0.39, 0.29) is 0 Å². The summed E-state index contributed by atoms with van der Waals surface area (Å²) in [6.07, 6.45) is 10.4. The van der Waals surface area contributed by atoms with E-state index in [1.54, 1.807) is 0 Å². The Kier molecular flexibility index (Phi) is 3.88. The molecular weight excluding hydrogens is 288 g/mol. The molecule has 0 N–H and O–H groups in total. The molecule has 2 aliphatic carbocycles. The molecule has 0 bridgehead atoms. The van der Waals surface area contributed by atoms with Crippen molar-refractivity contribution in [2.75, 3.05) is 13.1 Å². The summed E-state index contributed by atoms with van der Waals surface area (Å²) in [7, 11) is 0. The summed E-state index contributed by atoms with van der Waals surface area (Å²) in [6.45, 7) is 4.31. The zero-order chi connectivity index (χ0) is 15.9. The molecule has 0 unspecified atom stereocenters. The molecule has 4 rings (SSSR count). The van der Waals surface area contributed by atoms with Gasteiger partial charge in [0.1, 0.15) is 12.4 Å². The van der Waals surface area contributed by atoms with Crippen LogP contribution in [0.4, 0.5) is 0 Å². The van der Waals surface area contributed by atoms with E-state index >= 15 is 0 Å². The highest BCUT2D eigenvalue weighted by Crippen LogP contribution is 2.59. The predicted molar refractivity (Wildman–Crippen MR) is 88.4 cm³/mol. The van der Waals surface area contributed by atoms with Crippen LogP contribution in [0.25, 0.3) is 0 Å². The van der Waals surface area contributed by atoms with Crippen molar-refractivity contribution in [3.05, 3.63) is 23.9 Å². The monoisotopic (exact) mass is 314 g/mol. The molecule has 4 nitrogen and oxygen atoms in total. The van der Waals surface area contributed by atoms with E-state index < -0.39 is 0 Å². The van der Waals surface area contributed by atoms with Crippen LogP contribution in [0.3, 0.4) is 0 Å². The Morgan fingerprint density at radius 3 is 2.57 bits per heavy atom. The fourth-order valence-electron chi connectivity index (χ4n) is 4.73. The summed E-state index contributed by atoms with van der Waals surface area (Å²) in [5, 5.41) is 0. The highest BCUT2D eigenvalue weighted by atomic mass is 16.5. The lowest BCUT2D eigenvalue weighted by Crippen LogP contribution is -2.58. The van der Waals surface area contributed by atoms with Gasteiger partial charge in [0.2, 0.25) is 5.88 Å². The molecule has 0 atom stereocenters. The van der Waals surface area contributed by atoms with Crippen LogP contribution in [0.5, 0.6) is 5.88 Å². The number of piperidine rings is 1. The van der Waals surface area contributed by atoms with Crippen LogP contribution in [0, 0.1) is 18.3 Å². The lowest BCUT2D eigenvalue weighted by Gasteiger charge is -2.59. The first-order valence-corrected chi connectivity index (χ1v) is 8.94. The van der Waals surface area contributed by atoms with E-state index in [9.17, 15) is 4.79 Å². The van der Waals surface area contributed by atoms with Gasteiger partial charge >= 0.3 is 0 Å². The molecule has 1 spiro atoms. The van der Waals surface area contributed by atoms with Crippen molar-refractivity contribution in [1.29, 1.82) is 0 Å². The van der Waals surface area contributed by atoms with Crippen LogP contribution < -0.4 is 4.74 Å². The van der Waals surface area contributed by atoms with Crippen LogP contribution in [0.2, 0.25) is 0 Å². The summed E-state index contributed by atoms with van der Waals surface area (Å²) < 4.78 is 6.02. The van der Waals surface area contributed by atoms with Gasteiger partial charge in [0.15, 0.2) is 0 Å². The molecule has 2 heterocycles. The van der Waals surface area contributed by atoms with Gasteiger partial charge in [-0.3, -0.25) is 0 Å². The van der Waals surface area contributed by atoms with Crippen LogP contribution in [-0.2, 0) is 4.79 Å². The Bertz CT molecular complexity index is 549. The molecule has 3 fully saturated rings. The Morgan fingerprint density at radius 2 is 1.96 bits per heavy atom. The lowest BCUT2D eigenvalue weighted by atomic mass is 9.50. The number of hydrogen-bond donors (Lipinski definition) is 0. The largest absolute Gasteiger partial charge is 0.474 e. The van der Waals surface area contributed by atoms with Crippen LogP contribution in [0.1, 0.15) is 44.1 Å². The molecule has 2 saturated carbocycles. The average Bonchev–Trinajstić information content (AvgIpc) is 2.49. The third-order valence-electron chi connectivity index (χ3n) is 6.08. The Hall–Kier alpha value is -1.42. The zero-order valence-corrected chi connectivity index (χ0v) is 13.9. The number of nitrogens with zero attached hydrogens (tertiary/aromatic N) is 2. The van der Waals surface area contributed by atoms with Gasteiger partial charge in [-0.05, 0) is 56.4 Å². The van der Waals surface area contributed by atoms with E-state index in [1.165, 1.54) is 18.4 Å². The minimum atomic E-state index is 0.304. The second kappa shape index (κ2) is 5.90. The molecule has 1 aromatic rings. The number of carbonyl (C=O) groups is 1. The van der Waals surface area contributed by atoms with Gasteiger partial charge in [-0.1, -0.05) is 6.07 Å². The van der Waals surface area contributed by atoms with Gasteiger partial charge in [0, 0.05) is 37.3 Å². The van der Waals surface area contributed by atoms with Crippen molar-refractivity contribution in [1.82, 2.24) is 9.88 Å². The van der Waals surface area contributed by atoms with Gasteiger partial charge in [-0.25, -0.2) is 4.98 Å². The third-order valence-corrected chi connectivity index (χ3v) is 6.08. The predicted octanol–water partition coefficient (Wildman–Crippen LogP) is 2.99. The van der Waals surface area contributed by atoms with Gasteiger partial charge in [0.25, 0.3) is 0 Å². The van der Waals surface area contributed by atoms with E-state index in [2.05, 4.69) is 16.0 Å². The number of pyridine rings is 1. The van der Waals surface area contributed by atoms with Crippen molar-refractivity contribution in [2.24, 2.45) is 11.3 Å². The summed E-state index contributed by atoms with van der Waals surface area (Å²) in [6, 6.07) is 4.77. The van der Waals surface area contributed by atoms with E-state index in [0.717, 1.165) is 57.0 Å². The van der Waals surface area contributed by atoms with Crippen molar-refractivity contribution in [3.8, 4) is 5.88 Å². The van der Waals surface area contributed by atoms with Crippen molar-refractivity contribution >= 4 is 6.29 Å². The maximum absolute atomic E-state index is 10.8. The molecule has 0 amide bonds. The topological polar surface area (TPSA) is 42.4 Å². The first-order valence-electron chi connectivity index (χ1n) is 8.94. The summed E-state index contributed by atoms with van der Waals surface area (Å²) >= 11 is 0. The number of aldehydes is 1. The van der Waals surface area contributed by atoms with E-state index in [0.29, 0.717) is 17.4 Å². The van der Waals surface area contributed by atoms with Gasteiger partial charge in [0.05, 0.1) is 0 Å². The van der Waals surface area contributed by atoms with Crippen molar-refractivity contribution < 1.29 is 9.53 Å². The quantitative estimate of drug-likeness (QED) is 0.801. The molecule has 3 aliphatic rings. The molecule has 0 aromatic carbocycles. The molecule has 1 aromatic heterocycles. The fraction of sp³-hybridized carbons (Fsp3) is 0.684. The Balaban J connectivity index is 1.21. The fourth-order valence-corrected chi connectivity index (χ4v) is 4.73. The zero-order valence-electron chi connectivity index (χ0n) is 13.9. The van der Waals surface area contributed by atoms with Gasteiger partial charge in [-0.2, -0.15) is 0 Å². The molecule has 23 heavy (non-hydrogen) atoms. The van der Waals surface area contributed by atoms with E-state index in [1.807, 2.05) is 19.2 Å². The smallest absolute Gasteiger partial charge is 0.213 e. The number of carbonyl (C=O) groups excluding carboxylic acids is 1. The minimum Gasteiger partial charge on any atom is -0.474 e. The standard InChI is InChI=1S/C19H26N2O2/c1-14-2-3-18(20-12-14)23-17-4-6-21(7-5-17)16-10-19(11-16)8-15(9-19)13-22/h2-3,12-13,15-17H,4-11H2,1H3. The second-order valence-corrected chi connectivity index (χ2v) is 7.89. The first-order chi connectivity index (χ1) is 11.2. The highest BCUT2D eigenvalue weighted by molar-refractivity contribution is 5.56. The molecular formula is C19H26N2O2. The molecule has 124 valence electrons. The Labute approximate surface area is 138 Å². The van der Waals surface area contributed by atoms with Gasteiger partial charge in [-0.15, -0.1) is 0 Å². The number of aryl methyl sites for hydroxylation is 1. The first kappa shape index (κ1) is 15.1. The normalized spacial score (nSPS) is 34.7. The van der Waals surface area contributed by atoms with Crippen LogP contribution >= 0.6 is 0 Å². The van der Waals surface area contributed by atoms with E-state index in [4.69, 9.17) is 4.74 Å². The van der Waals surface area contributed by atoms with Crippen LogP contribution in [0.15, 0.2) is 18.3 Å². The third kappa shape index (κ3) is 3.01. The number of ether oxygens (including phenoxy) is 1. The highest BCUT2D eigenvalue weighted by Gasteiger charge is 2.54. The number of rotatable bonds is 4. The molecule has 1 aliphatic heterocycles. The SMILES string of the molecule is Cc1ccc(OC2CCN(C3CC4(CC(C=O)C4)C3)CC2)nc1. The minimum absolute atomic E-state index is 0.304. The number of aromatic nitrogens is 1. The lowest BCUT2D eigenvalue weighted by molar-refractivity contribution is -0.130. The maximum Gasteiger partial charge on any atom is 0.213 e. The maximum atomic E-state index is 10.8. The summed E-state index contributed by atoms with van der Waals surface area (Å²) in [5.74, 6) is 1.11. The number of hydrogen-bond acceptors (Lipinski definition) is 4. The van der Waals surface area contributed by atoms with Gasteiger partial charge < -0.3 is 14.4 Å². The summed E-state index contributed by atoms with van der Waals surface area (Å²) in [5.41, 5.74) is 1.70. The number of likely N-dealkylation sites (tertiary alicyclic amines) is 1. The van der Waals surface area contributed by atoms with Crippen molar-refractivity contribution in [3.63, 3.8) is 0 Å². The second-order valence-electron chi connectivity index (χ2n) is 7.89. The van der Waals surface area contributed by atoms with Crippen molar-refractivity contribution in [2.45, 2.75) is 57.6 Å². The average molecular weight is 314 g/mol. The van der Waals surface area contributed by atoms with Crippen LogP contribution in [-0.4, -0.2) is 41.4 Å². The summed E-state index contributed by atoms with van der Waals surface area (Å²) in [4.78, 5) is 17.8.